The molecule has 1 aliphatic heterocycles. The Morgan fingerprint density at radius 3 is 2.88 bits per heavy atom. The molecule has 0 aliphatic carbocycles. The van der Waals surface area contributed by atoms with Crippen LogP contribution in [0, 0.1) is 0 Å². The molecule has 1 heterocycles. The van der Waals surface area contributed by atoms with Crippen LogP contribution < -0.4 is 10.6 Å². The van der Waals surface area contributed by atoms with E-state index in [-0.39, 0.29) is 30.9 Å². The van der Waals surface area contributed by atoms with Gasteiger partial charge in [-0.3, -0.25) is 9.59 Å². The molecule has 0 aromatic heterocycles. The predicted octanol–water partition coefficient (Wildman–Crippen LogP) is 0.818. The van der Waals surface area contributed by atoms with Crippen molar-refractivity contribution in [2.75, 3.05) is 7.11 Å². The number of dihydropyridines is 1. The normalized spacial score (nSPS) is 18.4. The monoisotopic (exact) mass is 336 g/mol. The molecule has 0 aromatic carbocycles. The van der Waals surface area contributed by atoms with E-state index in [0.717, 1.165) is 3.58 Å². The van der Waals surface area contributed by atoms with Crippen LogP contribution >= 0.6 is 22.6 Å². The molecule has 0 spiro atoms. The van der Waals surface area contributed by atoms with E-state index in [2.05, 4.69) is 38.0 Å². The average Bonchev–Trinajstić information content (AvgIpc) is 2.29. The molecular weight excluding hydrogens is 323 g/mol. The van der Waals surface area contributed by atoms with Crippen molar-refractivity contribution in [2.24, 2.45) is 0 Å². The van der Waals surface area contributed by atoms with Crippen molar-refractivity contribution >= 4 is 34.5 Å². The molecular formula is C10H13IN2O3. The molecule has 0 radical (unpaired) electrons. The van der Waals surface area contributed by atoms with Crippen molar-refractivity contribution < 1.29 is 14.3 Å². The van der Waals surface area contributed by atoms with Crippen molar-refractivity contribution in [1.29, 1.82) is 0 Å². The minimum Gasteiger partial charge on any atom is -0.469 e. The molecule has 88 valence electrons. The van der Waals surface area contributed by atoms with Crippen LogP contribution in [0.2, 0.25) is 0 Å². The van der Waals surface area contributed by atoms with Gasteiger partial charge in [-0.2, -0.15) is 0 Å². The van der Waals surface area contributed by atoms with Gasteiger partial charge >= 0.3 is 5.97 Å². The van der Waals surface area contributed by atoms with E-state index in [1.54, 1.807) is 0 Å². The summed E-state index contributed by atoms with van der Waals surface area (Å²) >= 11 is 2.17. The highest BCUT2D eigenvalue weighted by atomic mass is 127. The Balaban J connectivity index is 2.25. The summed E-state index contributed by atoms with van der Waals surface area (Å²) in [4.78, 5) is 22.2. The maximum Gasteiger partial charge on any atom is 0.306 e. The Hall–Kier alpha value is -1.05. The molecule has 0 saturated heterocycles. The number of carbonyl (C=O) groups is 2. The van der Waals surface area contributed by atoms with Crippen LogP contribution in [0.3, 0.4) is 0 Å². The van der Waals surface area contributed by atoms with Crippen LogP contribution in [0.15, 0.2) is 21.9 Å². The standard InChI is InChI=1S/C10H13IN2O3/c1-16-10(15)5-4-9(14)13-8-3-2-7(11)6-12-8/h2-3,6,8,12H,4-5H2,1H3,(H,13,14). The molecule has 1 unspecified atom stereocenters. The fourth-order valence-electron chi connectivity index (χ4n) is 1.11. The zero-order valence-corrected chi connectivity index (χ0v) is 11.0. The highest BCUT2D eigenvalue weighted by Crippen LogP contribution is 2.09. The van der Waals surface area contributed by atoms with E-state index in [1.807, 2.05) is 18.4 Å². The number of hydrogen-bond donors (Lipinski definition) is 2. The van der Waals surface area contributed by atoms with Crippen molar-refractivity contribution in [1.82, 2.24) is 10.6 Å². The molecule has 2 N–H and O–H groups in total. The summed E-state index contributed by atoms with van der Waals surface area (Å²) in [7, 11) is 1.30. The van der Waals surface area contributed by atoms with Crippen LogP contribution in [0.4, 0.5) is 0 Å². The average molecular weight is 336 g/mol. The maximum absolute atomic E-state index is 11.4. The summed E-state index contributed by atoms with van der Waals surface area (Å²) in [5.41, 5.74) is 0. The molecule has 0 aromatic rings. The van der Waals surface area contributed by atoms with Gasteiger partial charge in [-0.25, -0.2) is 0 Å². The van der Waals surface area contributed by atoms with Crippen LogP contribution in [-0.4, -0.2) is 25.2 Å². The number of allylic oxidation sites excluding steroid dienone is 2. The van der Waals surface area contributed by atoms with Crippen molar-refractivity contribution in [3.8, 4) is 0 Å². The largest absolute Gasteiger partial charge is 0.469 e. The number of carbonyl (C=O) groups excluding carboxylic acids is 2. The van der Waals surface area contributed by atoms with E-state index in [0.29, 0.717) is 0 Å². The van der Waals surface area contributed by atoms with Crippen LogP contribution in [0.1, 0.15) is 12.8 Å². The van der Waals surface area contributed by atoms with Crippen molar-refractivity contribution in [2.45, 2.75) is 19.0 Å². The summed E-state index contributed by atoms with van der Waals surface area (Å²) in [6, 6.07) is 0. The number of ether oxygens (including phenoxy) is 1. The molecule has 6 heteroatoms. The van der Waals surface area contributed by atoms with Gasteiger partial charge in [0.15, 0.2) is 0 Å². The van der Waals surface area contributed by atoms with E-state index >= 15 is 0 Å². The third-order valence-electron chi connectivity index (χ3n) is 1.95. The first kappa shape index (κ1) is 13.0. The number of amides is 1. The van der Waals surface area contributed by atoms with Gasteiger partial charge in [0.2, 0.25) is 5.91 Å². The SMILES string of the molecule is COC(=O)CCC(=O)NC1C=CC(I)=CN1. The van der Waals surface area contributed by atoms with Crippen molar-refractivity contribution in [3.63, 3.8) is 0 Å². The van der Waals surface area contributed by atoms with E-state index in [1.165, 1.54) is 7.11 Å². The molecule has 16 heavy (non-hydrogen) atoms. The summed E-state index contributed by atoms with van der Waals surface area (Å²) in [6.07, 6.45) is 5.60. The lowest BCUT2D eigenvalue weighted by Gasteiger charge is -2.18. The zero-order valence-electron chi connectivity index (χ0n) is 8.83. The zero-order chi connectivity index (χ0) is 12.0. The van der Waals surface area contributed by atoms with E-state index in [4.69, 9.17) is 0 Å². The molecule has 1 aliphatic rings. The lowest BCUT2D eigenvalue weighted by Crippen LogP contribution is -2.42. The fourth-order valence-corrected chi connectivity index (χ4v) is 1.50. The first-order valence-corrected chi connectivity index (χ1v) is 5.86. The van der Waals surface area contributed by atoms with E-state index < -0.39 is 0 Å². The minimum absolute atomic E-state index is 0.103. The Bertz CT molecular complexity index is 339. The third-order valence-corrected chi connectivity index (χ3v) is 2.62. The number of esters is 1. The van der Waals surface area contributed by atoms with Gasteiger partial charge in [0, 0.05) is 16.2 Å². The lowest BCUT2D eigenvalue weighted by atomic mass is 10.2. The Morgan fingerprint density at radius 1 is 1.56 bits per heavy atom. The molecule has 1 atom stereocenters. The van der Waals surface area contributed by atoms with Crippen molar-refractivity contribution in [3.05, 3.63) is 21.9 Å². The molecule has 0 saturated carbocycles. The second kappa shape index (κ2) is 6.51. The minimum atomic E-state index is -0.378. The van der Waals surface area contributed by atoms with Gasteiger partial charge in [-0.15, -0.1) is 0 Å². The van der Waals surface area contributed by atoms with Gasteiger partial charge in [0.05, 0.1) is 13.5 Å². The van der Waals surface area contributed by atoms with Gasteiger partial charge < -0.3 is 15.4 Å². The molecule has 5 nitrogen and oxygen atoms in total. The topological polar surface area (TPSA) is 67.4 Å². The highest BCUT2D eigenvalue weighted by Gasteiger charge is 2.11. The Kier molecular flexibility index (Phi) is 5.30. The summed E-state index contributed by atoms with van der Waals surface area (Å²) in [5.74, 6) is -0.561. The summed E-state index contributed by atoms with van der Waals surface area (Å²) in [5, 5.41) is 5.72. The van der Waals surface area contributed by atoms with Gasteiger partial charge in [-0.1, -0.05) is 0 Å². The van der Waals surface area contributed by atoms with Crippen LogP contribution in [0.25, 0.3) is 0 Å². The predicted molar refractivity (Wildman–Crippen MR) is 67.6 cm³/mol. The summed E-state index contributed by atoms with van der Waals surface area (Å²) in [6.45, 7) is 0. The first-order valence-electron chi connectivity index (χ1n) is 4.78. The van der Waals surface area contributed by atoms with Crippen LogP contribution in [0.5, 0.6) is 0 Å². The lowest BCUT2D eigenvalue weighted by molar-refractivity contribution is -0.142. The second-order valence-corrected chi connectivity index (χ2v) is 4.42. The smallest absolute Gasteiger partial charge is 0.306 e. The Morgan fingerprint density at radius 2 is 2.31 bits per heavy atom. The van der Waals surface area contributed by atoms with Gasteiger partial charge in [0.1, 0.15) is 6.17 Å². The molecule has 0 bridgehead atoms. The molecule has 1 amide bonds. The fraction of sp³-hybridized carbons (Fsp3) is 0.400. The molecule has 0 fully saturated rings. The Labute approximate surface area is 107 Å². The first-order chi connectivity index (χ1) is 7.61. The van der Waals surface area contributed by atoms with Gasteiger partial charge in [-0.05, 0) is 34.7 Å². The number of rotatable bonds is 4. The number of nitrogens with one attached hydrogen (secondary N) is 2. The van der Waals surface area contributed by atoms with Gasteiger partial charge in [0.25, 0.3) is 0 Å². The third kappa shape index (κ3) is 4.65. The number of hydrogen-bond acceptors (Lipinski definition) is 4. The van der Waals surface area contributed by atoms with E-state index in [9.17, 15) is 9.59 Å². The number of methoxy groups -OCH3 is 1. The molecule has 1 rings (SSSR count). The van der Waals surface area contributed by atoms with Crippen LogP contribution in [-0.2, 0) is 14.3 Å². The maximum atomic E-state index is 11.4. The quantitative estimate of drug-likeness (QED) is 0.589. The highest BCUT2D eigenvalue weighted by molar-refractivity contribution is 14.1. The summed E-state index contributed by atoms with van der Waals surface area (Å²) < 4.78 is 5.51. The second-order valence-electron chi connectivity index (χ2n) is 3.18. The number of halogens is 1.